The van der Waals surface area contributed by atoms with Crippen molar-refractivity contribution in [2.45, 2.75) is 12.8 Å². The predicted octanol–water partition coefficient (Wildman–Crippen LogP) is 2.70. The first kappa shape index (κ1) is 16.0. The van der Waals surface area contributed by atoms with Crippen LogP contribution in [0.25, 0.3) is 0 Å². The number of hydrogen-bond acceptors (Lipinski definition) is 4. The van der Waals surface area contributed by atoms with E-state index in [1.54, 1.807) is 0 Å². The van der Waals surface area contributed by atoms with E-state index in [2.05, 4.69) is 4.90 Å². The van der Waals surface area contributed by atoms with E-state index in [0.717, 1.165) is 68.3 Å². The average molecular weight is 337 g/mol. The van der Waals surface area contributed by atoms with Crippen LogP contribution in [0.15, 0.2) is 42.5 Å². The van der Waals surface area contributed by atoms with Crippen molar-refractivity contribution in [3.05, 3.63) is 53.6 Å². The van der Waals surface area contributed by atoms with Gasteiger partial charge in [-0.25, -0.2) is 0 Å². The van der Waals surface area contributed by atoms with Crippen LogP contribution in [0.4, 0.5) is 17.1 Å². The summed E-state index contributed by atoms with van der Waals surface area (Å²) in [6, 6.07) is 13.7. The Kier molecular flexibility index (Phi) is 4.32. The summed E-state index contributed by atoms with van der Waals surface area (Å²) in [5, 5.41) is 0. The third-order valence-corrected chi connectivity index (χ3v) is 5.02. The molecule has 0 aromatic heterocycles. The molecule has 0 atom stereocenters. The lowest BCUT2D eigenvalue weighted by Gasteiger charge is -2.31. The number of anilines is 3. The number of amides is 1. The fourth-order valence-electron chi connectivity index (χ4n) is 3.65. The summed E-state index contributed by atoms with van der Waals surface area (Å²) in [4.78, 5) is 17.2. The molecule has 0 unspecified atom stereocenters. The third-order valence-electron chi connectivity index (χ3n) is 5.02. The molecule has 0 spiro atoms. The SMILES string of the molecule is Nc1cccc2c1CCCN2C(=O)c1ccc(N2CCOCC2)cc1. The van der Waals surface area contributed by atoms with E-state index in [9.17, 15) is 4.79 Å². The third kappa shape index (κ3) is 3.07. The van der Waals surface area contributed by atoms with Crippen LogP contribution >= 0.6 is 0 Å². The zero-order valence-corrected chi connectivity index (χ0v) is 14.3. The highest BCUT2D eigenvalue weighted by atomic mass is 16.5. The second-order valence-corrected chi connectivity index (χ2v) is 6.55. The van der Waals surface area contributed by atoms with Crippen LogP contribution in [-0.4, -0.2) is 38.8 Å². The molecule has 0 radical (unpaired) electrons. The number of hydrogen-bond donors (Lipinski definition) is 1. The highest BCUT2D eigenvalue weighted by Gasteiger charge is 2.24. The van der Waals surface area contributed by atoms with Gasteiger partial charge in [0, 0.05) is 42.3 Å². The van der Waals surface area contributed by atoms with Crippen molar-refractivity contribution in [1.29, 1.82) is 0 Å². The maximum atomic E-state index is 13.0. The lowest BCUT2D eigenvalue weighted by molar-refractivity contribution is 0.0985. The predicted molar refractivity (Wildman–Crippen MR) is 100 cm³/mol. The molecule has 1 saturated heterocycles. The molecule has 2 heterocycles. The minimum atomic E-state index is 0.0417. The Morgan fingerprint density at radius 3 is 2.52 bits per heavy atom. The Hall–Kier alpha value is -2.53. The summed E-state index contributed by atoms with van der Waals surface area (Å²) in [6.07, 6.45) is 1.88. The molecular formula is C20H23N3O2. The van der Waals surface area contributed by atoms with E-state index >= 15 is 0 Å². The molecule has 1 amide bonds. The van der Waals surface area contributed by atoms with Crippen LogP contribution in [0.3, 0.4) is 0 Å². The highest BCUT2D eigenvalue weighted by molar-refractivity contribution is 6.07. The largest absolute Gasteiger partial charge is 0.398 e. The zero-order chi connectivity index (χ0) is 17.2. The topological polar surface area (TPSA) is 58.8 Å². The van der Waals surface area contributed by atoms with Crippen LogP contribution in [-0.2, 0) is 11.2 Å². The second kappa shape index (κ2) is 6.76. The van der Waals surface area contributed by atoms with Crippen molar-refractivity contribution in [3.63, 3.8) is 0 Å². The Morgan fingerprint density at radius 2 is 1.76 bits per heavy atom. The maximum Gasteiger partial charge on any atom is 0.258 e. The molecule has 5 nitrogen and oxygen atoms in total. The van der Waals surface area contributed by atoms with E-state index in [1.807, 2.05) is 47.4 Å². The minimum absolute atomic E-state index is 0.0417. The smallest absolute Gasteiger partial charge is 0.258 e. The summed E-state index contributed by atoms with van der Waals surface area (Å²) in [7, 11) is 0. The van der Waals surface area contributed by atoms with Crippen LogP contribution in [0.5, 0.6) is 0 Å². The molecule has 5 heteroatoms. The number of ether oxygens (including phenoxy) is 1. The van der Waals surface area contributed by atoms with Gasteiger partial charge in [0.25, 0.3) is 5.91 Å². The van der Waals surface area contributed by atoms with E-state index in [-0.39, 0.29) is 5.91 Å². The van der Waals surface area contributed by atoms with E-state index in [1.165, 1.54) is 0 Å². The zero-order valence-electron chi connectivity index (χ0n) is 14.3. The van der Waals surface area contributed by atoms with Gasteiger partial charge in [-0.2, -0.15) is 0 Å². The lowest BCUT2D eigenvalue weighted by atomic mass is 9.99. The van der Waals surface area contributed by atoms with Gasteiger partial charge < -0.3 is 20.3 Å². The lowest BCUT2D eigenvalue weighted by Crippen LogP contribution is -2.37. The standard InChI is InChI=1S/C20H23N3O2/c21-18-4-1-5-19-17(18)3-2-10-23(19)20(24)15-6-8-16(9-7-15)22-11-13-25-14-12-22/h1,4-9H,2-3,10-14,21H2. The van der Waals surface area contributed by atoms with Gasteiger partial charge in [-0.3, -0.25) is 4.79 Å². The molecule has 2 aliphatic rings. The molecule has 2 aliphatic heterocycles. The van der Waals surface area contributed by atoms with Gasteiger partial charge in [0.2, 0.25) is 0 Å². The normalized spacial score (nSPS) is 17.3. The monoisotopic (exact) mass is 337 g/mol. The van der Waals surface area contributed by atoms with Gasteiger partial charge in [0.15, 0.2) is 0 Å². The molecule has 2 aromatic carbocycles. The van der Waals surface area contributed by atoms with Crippen molar-refractivity contribution in [3.8, 4) is 0 Å². The van der Waals surface area contributed by atoms with E-state index in [0.29, 0.717) is 5.56 Å². The molecule has 4 rings (SSSR count). The molecule has 1 fully saturated rings. The van der Waals surface area contributed by atoms with Gasteiger partial charge >= 0.3 is 0 Å². The van der Waals surface area contributed by atoms with Gasteiger partial charge in [0.05, 0.1) is 13.2 Å². The number of benzene rings is 2. The number of nitrogens with two attached hydrogens (primary N) is 1. The van der Waals surface area contributed by atoms with Crippen LogP contribution < -0.4 is 15.5 Å². The van der Waals surface area contributed by atoms with Crippen molar-refractivity contribution in [1.82, 2.24) is 0 Å². The van der Waals surface area contributed by atoms with Gasteiger partial charge in [-0.05, 0) is 54.8 Å². The van der Waals surface area contributed by atoms with Crippen LogP contribution in [0.2, 0.25) is 0 Å². The maximum absolute atomic E-state index is 13.0. The number of nitrogen functional groups attached to an aromatic ring is 1. The van der Waals surface area contributed by atoms with E-state index in [4.69, 9.17) is 10.5 Å². The highest BCUT2D eigenvalue weighted by Crippen LogP contribution is 2.32. The van der Waals surface area contributed by atoms with Crippen LogP contribution in [0.1, 0.15) is 22.3 Å². The van der Waals surface area contributed by atoms with Crippen molar-refractivity contribution < 1.29 is 9.53 Å². The number of fused-ring (bicyclic) bond motifs is 1. The fourth-order valence-corrected chi connectivity index (χ4v) is 3.65. The summed E-state index contributed by atoms with van der Waals surface area (Å²) in [6.45, 7) is 4.04. The first-order valence-corrected chi connectivity index (χ1v) is 8.86. The molecular weight excluding hydrogens is 314 g/mol. The molecule has 2 aromatic rings. The van der Waals surface area contributed by atoms with E-state index < -0.39 is 0 Å². The number of morpholine rings is 1. The molecule has 130 valence electrons. The van der Waals surface area contributed by atoms with Gasteiger partial charge in [0.1, 0.15) is 0 Å². The summed E-state index contributed by atoms with van der Waals surface area (Å²) < 4.78 is 5.39. The molecule has 0 saturated carbocycles. The Bertz CT molecular complexity index is 767. The molecule has 25 heavy (non-hydrogen) atoms. The Labute approximate surface area is 148 Å². The first-order valence-electron chi connectivity index (χ1n) is 8.86. The molecule has 2 N–H and O–H groups in total. The molecule has 0 bridgehead atoms. The first-order chi connectivity index (χ1) is 12.2. The second-order valence-electron chi connectivity index (χ2n) is 6.55. The average Bonchev–Trinajstić information content (AvgIpc) is 2.68. The Balaban J connectivity index is 1.57. The summed E-state index contributed by atoms with van der Waals surface area (Å²) in [5.41, 5.74) is 10.8. The van der Waals surface area contributed by atoms with Gasteiger partial charge in [-0.15, -0.1) is 0 Å². The van der Waals surface area contributed by atoms with Crippen molar-refractivity contribution >= 4 is 23.0 Å². The van der Waals surface area contributed by atoms with Crippen LogP contribution in [0, 0.1) is 0 Å². The quantitative estimate of drug-likeness (QED) is 0.856. The van der Waals surface area contributed by atoms with Crippen molar-refractivity contribution in [2.75, 3.05) is 48.4 Å². The summed E-state index contributed by atoms with van der Waals surface area (Å²) in [5.74, 6) is 0.0417. The minimum Gasteiger partial charge on any atom is -0.398 e. The molecule has 0 aliphatic carbocycles. The Morgan fingerprint density at radius 1 is 1.00 bits per heavy atom. The summed E-state index contributed by atoms with van der Waals surface area (Å²) >= 11 is 0. The fraction of sp³-hybridized carbons (Fsp3) is 0.350. The number of nitrogens with zero attached hydrogens (tertiary/aromatic N) is 2. The van der Waals surface area contributed by atoms with Gasteiger partial charge in [-0.1, -0.05) is 6.07 Å². The number of carbonyl (C=O) groups excluding carboxylic acids is 1. The number of carbonyl (C=O) groups is 1. The van der Waals surface area contributed by atoms with Crippen molar-refractivity contribution in [2.24, 2.45) is 0 Å². The number of rotatable bonds is 2.